The van der Waals surface area contributed by atoms with Gasteiger partial charge in [0.2, 0.25) is 17.8 Å². The van der Waals surface area contributed by atoms with Gasteiger partial charge in [-0.3, -0.25) is 4.79 Å². The summed E-state index contributed by atoms with van der Waals surface area (Å²) in [6.07, 6.45) is 0. The zero-order chi connectivity index (χ0) is 19.3. The zero-order valence-electron chi connectivity index (χ0n) is 15.9. The second-order valence-electron chi connectivity index (χ2n) is 6.49. The van der Waals surface area contributed by atoms with E-state index in [-0.39, 0.29) is 17.1 Å². The summed E-state index contributed by atoms with van der Waals surface area (Å²) in [6, 6.07) is 7.88. The predicted molar refractivity (Wildman–Crippen MR) is 108 cm³/mol. The lowest BCUT2D eigenvalue weighted by molar-refractivity contribution is -0.115. The number of nitrogens with one attached hydrogen (secondary N) is 1. The Morgan fingerprint density at radius 2 is 1.88 bits per heavy atom. The van der Waals surface area contributed by atoms with E-state index in [2.05, 4.69) is 34.1 Å². The van der Waals surface area contributed by atoms with Crippen LogP contribution in [0.5, 0.6) is 0 Å². The number of rotatable bonds is 7. The molecule has 8 heteroatoms. The number of hydrogen-bond acceptors (Lipinski definition) is 7. The molecule has 1 atom stereocenters. The van der Waals surface area contributed by atoms with Gasteiger partial charge in [-0.1, -0.05) is 32.0 Å². The standard InChI is InChI=1S/C18H26N6OS/c1-11(2)13-8-6-7-9-14(13)20-16(25)12(3)26-10-15-21-17(19)23-18(22-15)24(4)5/h6-9,11-12H,10H2,1-5H3,(H,20,25)(H2,19,21,22,23)/t12-/m0/s1. The molecule has 0 saturated carbocycles. The van der Waals surface area contributed by atoms with Gasteiger partial charge in [-0.05, 0) is 24.5 Å². The number of anilines is 3. The van der Waals surface area contributed by atoms with Crippen molar-refractivity contribution in [1.29, 1.82) is 0 Å². The van der Waals surface area contributed by atoms with E-state index in [9.17, 15) is 4.79 Å². The first-order chi connectivity index (χ1) is 12.3. The van der Waals surface area contributed by atoms with Crippen LogP contribution in [0.25, 0.3) is 0 Å². The van der Waals surface area contributed by atoms with Crippen molar-refractivity contribution in [1.82, 2.24) is 15.0 Å². The predicted octanol–water partition coefficient (Wildman–Crippen LogP) is 2.90. The molecule has 0 fully saturated rings. The van der Waals surface area contributed by atoms with Crippen molar-refractivity contribution < 1.29 is 4.79 Å². The lowest BCUT2D eigenvalue weighted by Crippen LogP contribution is -2.23. The number of nitrogens with zero attached hydrogens (tertiary/aromatic N) is 4. The number of aromatic nitrogens is 3. The third-order valence-electron chi connectivity index (χ3n) is 3.76. The van der Waals surface area contributed by atoms with Gasteiger partial charge in [-0.2, -0.15) is 15.0 Å². The first-order valence-corrected chi connectivity index (χ1v) is 9.52. The summed E-state index contributed by atoms with van der Waals surface area (Å²) < 4.78 is 0. The van der Waals surface area contributed by atoms with Crippen molar-refractivity contribution in [2.45, 2.75) is 37.7 Å². The second kappa shape index (κ2) is 8.84. The number of carbonyl (C=O) groups excluding carboxylic acids is 1. The molecule has 0 aliphatic heterocycles. The van der Waals surface area contributed by atoms with E-state index in [1.54, 1.807) is 4.90 Å². The van der Waals surface area contributed by atoms with Gasteiger partial charge in [0.1, 0.15) is 5.82 Å². The van der Waals surface area contributed by atoms with Gasteiger partial charge in [0.25, 0.3) is 0 Å². The lowest BCUT2D eigenvalue weighted by atomic mass is 10.0. The lowest BCUT2D eigenvalue weighted by Gasteiger charge is -2.16. The number of nitrogen functional groups attached to an aromatic ring is 1. The van der Waals surface area contributed by atoms with E-state index >= 15 is 0 Å². The summed E-state index contributed by atoms with van der Waals surface area (Å²) in [6.45, 7) is 6.09. The zero-order valence-corrected chi connectivity index (χ0v) is 16.7. The van der Waals surface area contributed by atoms with E-state index in [1.807, 2.05) is 45.3 Å². The Kier molecular flexibility index (Phi) is 6.79. The molecule has 0 unspecified atom stereocenters. The molecule has 0 bridgehead atoms. The van der Waals surface area contributed by atoms with Crippen molar-refractivity contribution in [2.75, 3.05) is 30.0 Å². The molecule has 1 heterocycles. The number of amides is 1. The number of benzene rings is 1. The van der Waals surface area contributed by atoms with Crippen LogP contribution in [-0.2, 0) is 10.5 Å². The molecular weight excluding hydrogens is 348 g/mol. The van der Waals surface area contributed by atoms with Crippen LogP contribution in [0.1, 0.15) is 38.1 Å². The Hall–Kier alpha value is -2.35. The minimum atomic E-state index is -0.254. The molecule has 0 radical (unpaired) electrons. The molecule has 26 heavy (non-hydrogen) atoms. The van der Waals surface area contributed by atoms with Gasteiger partial charge >= 0.3 is 0 Å². The third kappa shape index (κ3) is 5.32. The number of hydrogen-bond donors (Lipinski definition) is 2. The average molecular weight is 375 g/mol. The second-order valence-corrected chi connectivity index (χ2v) is 7.82. The van der Waals surface area contributed by atoms with Crippen LogP contribution >= 0.6 is 11.8 Å². The highest BCUT2D eigenvalue weighted by Crippen LogP contribution is 2.25. The molecular formula is C18H26N6OS. The minimum absolute atomic E-state index is 0.0436. The van der Waals surface area contributed by atoms with Crippen LogP contribution in [0.3, 0.4) is 0 Å². The molecule has 3 N–H and O–H groups in total. The molecule has 2 rings (SSSR count). The maximum absolute atomic E-state index is 12.5. The summed E-state index contributed by atoms with van der Waals surface area (Å²) in [5.74, 6) is 2.03. The molecule has 0 saturated heterocycles. The summed E-state index contributed by atoms with van der Waals surface area (Å²) in [5.41, 5.74) is 7.72. The van der Waals surface area contributed by atoms with E-state index in [0.717, 1.165) is 11.3 Å². The minimum Gasteiger partial charge on any atom is -0.368 e. The number of para-hydroxylation sites is 1. The van der Waals surface area contributed by atoms with E-state index in [0.29, 0.717) is 23.4 Å². The van der Waals surface area contributed by atoms with Gasteiger partial charge in [0.05, 0.1) is 11.0 Å². The van der Waals surface area contributed by atoms with Gasteiger partial charge in [-0.15, -0.1) is 11.8 Å². The van der Waals surface area contributed by atoms with E-state index in [4.69, 9.17) is 5.73 Å². The third-order valence-corrected chi connectivity index (χ3v) is 4.90. The summed E-state index contributed by atoms with van der Waals surface area (Å²) in [7, 11) is 3.68. The van der Waals surface area contributed by atoms with Gasteiger partial charge in [0, 0.05) is 19.8 Å². The summed E-state index contributed by atoms with van der Waals surface area (Å²) in [5, 5.41) is 2.77. The Labute approximate surface area is 158 Å². The van der Waals surface area contributed by atoms with Crippen LogP contribution < -0.4 is 16.0 Å². The number of nitrogens with two attached hydrogens (primary N) is 1. The normalized spacial score (nSPS) is 12.1. The molecule has 0 spiro atoms. The van der Waals surface area contributed by atoms with Crippen LogP contribution in [0, 0.1) is 0 Å². The van der Waals surface area contributed by atoms with Crippen molar-refractivity contribution in [2.24, 2.45) is 0 Å². The highest BCUT2D eigenvalue weighted by molar-refractivity contribution is 7.99. The fourth-order valence-electron chi connectivity index (χ4n) is 2.31. The Bertz CT molecular complexity index is 765. The van der Waals surface area contributed by atoms with Crippen LogP contribution in [-0.4, -0.2) is 40.2 Å². The number of carbonyl (C=O) groups is 1. The quantitative estimate of drug-likeness (QED) is 0.769. The molecule has 1 amide bonds. The van der Waals surface area contributed by atoms with Gasteiger partial charge < -0.3 is 16.0 Å². The first-order valence-electron chi connectivity index (χ1n) is 8.47. The highest BCUT2D eigenvalue weighted by Gasteiger charge is 2.17. The van der Waals surface area contributed by atoms with Crippen molar-refractivity contribution in [3.05, 3.63) is 35.7 Å². The molecule has 2 aromatic rings. The molecule has 140 valence electrons. The monoisotopic (exact) mass is 374 g/mol. The first kappa shape index (κ1) is 20.0. The highest BCUT2D eigenvalue weighted by atomic mass is 32.2. The molecule has 0 aliphatic carbocycles. The fraction of sp³-hybridized carbons (Fsp3) is 0.444. The molecule has 1 aromatic carbocycles. The van der Waals surface area contributed by atoms with Crippen molar-refractivity contribution >= 4 is 35.3 Å². The largest absolute Gasteiger partial charge is 0.368 e. The molecule has 7 nitrogen and oxygen atoms in total. The van der Waals surface area contributed by atoms with Crippen LogP contribution in [0.15, 0.2) is 24.3 Å². The molecule has 1 aromatic heterocycles. The fourth-order valence-corrected chi connectivity index (χ4v) is 3.05. The summed E-state index contributed by atoms with van der Waals surface area (Å²) in [4.78, 5) is 26.9. The van der Waals surface area contributed by atoms with E-state index in [1.165, 1.54) is 11.8 Å². The van der Waals surface area contributed by atoms with Crippen LogP contribution in [0.4, 0.5) is 17.6 Å². The van der Waals surface area contributed by atoms with Gasteiger partial charge in [0.15, 0.2) is 0 Å². The Balaban J connectivity index is 2.00. The number of thioether (sulfide) groups is 1. The van der Waals surface area contributed by atoms with Crippen molar-refractivity contribution in [3.8, 4) is 0 Å². The Morgan fingerprint density at radius 1 is 1.19 bits per heavy atom. The maximum Gasteiger partial charge on any atom is 0.237 e. The Morgan fingerprint density at radius 3 is 2.54 bits per heavy atom. The average Bonchev–Trinajstić information content (AvgIpc) is 2.59. The molecule has 0 aliphatic rings. The van der Waals surface area contributed by atoms with Gasteiger partial charge in [-0.25, -0.2) is 0 Å². The van der Waals surface area contributed by atoms with Crippen molar-refractivity contribution in [3.63, 3.8) is 0 Å². The topological polar surface area (TPSA) is 97.0 Å². The van der Waals surface area contributed by atoms with Crippen LogP contribution in [0.2, 0.25) is 0 Å². The maximum atomic E-state index is 12.5. The SMILES string of the molecule is CC(C)c1ccccc1NC(=O)[C@H](C)SCc1nc(N)nc(N(C)C)n1. The van der Waals surface area contributed by atoms with E-state index < -0.39 is 0 Å². The smallest absolute Gasteiger partial charge is 0.237 e. The summed E-state index contributed by atoms with van der Waals surface area (Å²) >= 11 is 1.46.